The van der Waals surface area contributed by atoms with E-state index >= 15 is 0 Å². The van der Waals surface area contributed by atoms with E-state index in [1.807, 2.05) is 30.3 Å². The van der Waals surface area contributed by atoms with Crippen molar-refractivity contribution in [3.63, 3.8) is 0 Å². The highest BCUT2D eigenvalue weighted by Gasteiger charge is 2.19. The van der Waals surface area contributed by atoms with Crippen LogP contribution in [0, 0.1) is 25.2 Å². The number of hydrogen-bond acceptors (Lipinski definition) is 4. The van der Waals surface area contributed by atoms with Gasteiger partial charge in [-0.3, -0.25) is 0 Å². The highest BCUT2D eigenvalue weighted by Crippen LogP contribution is 2.25. The zero-order valence-electron chi connectivity index (χ0n) is 13.2. The van der Waals surface area contributed by atoms with Gasteiger partial charge in [-0.15, -0.1) is 0 Å². The molecule has 0 bridgehead atoms. The van der Waals surface area contributed by atoms with Crippen molar-refractivity contribution in [1.82, 2.24) is 14.8 Å². The summed E-state index contributed by atoms with van der Waals surface area (Å²) in [7, 11) is 0. The topological polar surface area (TPSA) is 91.8 Å². The molecule has 1 aromatic carbocycles. The van der Waals surface area contributed by atoms with Gasteiger partial charge in [0.05, 0.1) is 23.0 Å². The average molecular weight is 318 g/mol. The Balaban J connectivity index is 2.14. The van der Waals surface area contributed by atoms with Gasteiger partial charge in [0, 0.05) is 17.8 Å². The summed E-state index contributed by atoms with van der Waals surface area (Å²) in [5.74, 6) is -0.614. The van der Waals surface area contributed by atoms with Crippen molar-refractivity contribution in [2.45, 2.75) is 13.8 Å². The van der Waals surface area contributed by atoms with E-state index in [-0.39, 0.29) is 5.56 Å². The third kappa shape index (κ3) is 2.52. The lowest BCUT2D eigenvalue weighted by molar-refractivity contribution is 0.0695. The van der Waals surface area contributed by atoms with Crippen LogP contribution >= 0.6 is 0 Å². The van der Waals surface area contributed by atoms with E-state index in [4.69, 9.17) is 0 Å². The predicted molar refractivity (Wildman–Crippen MR) is 87.9 cm³/mol. The molecule has 0 aliphatic heterocycles. The molecule has 0 unspecified atom stereocenters. The van der Waals surface area contributed by atoms with Crippen molar-refractivity contribution in [2.75, 3.05) is 0 Å². The van der Waals surface area contributed by atoms with Crippen LogP contribution in [0.2, 0.25) is 0 Å². The number of aromatic carboxylic acids is 1. The fourth-order valence-electron chi connectivity index (χ4n) is 2.68. The predicted octanol–water partition coefficient (Wildman–Crippen LogP) is 3.12. The van der Waals surface area contributed by atoms with Gasteiger partial charge in [-0.05, 0) is 19.4 Å². The first-order valence-corrected chi connectivity index (χ1v) is 7.28. The van der Waals surface area contributed by atoms with E-state index in [2.05, 4.69) is 16.2 Å². The molecule has 6 heteroatoms. The Hall–Kier alpha value is -3.46. The lowest BCUT2D eigenvalue weighted by Crippen LogP contribution is -2.05. The van der Waals surface area contributed by atoms with Crippen molar-refractivity contribution >= 4 is 5.97 Å². The number of aryl methyl sites for hydroxylation is 1. The SMILES string of the molecule is Cc1nn(-c2cc(C#N)c(-c3ccccc3)cn2)c(C)c1C(=O)O. The summed E-state index contributed by atoms with van der Waals surface area (Å²) >= 11 is 0. The molecule has 6 nitrogen and oxygen atoms in total. The summed E-state index contributed by atoms with van der Waals surface area (Å²) in [6.07, 6.45) is 1.61. The number of hydrogen-bond donors (Lipinski definition) is 1. The monoisotopic (exact) mass is 318 g/mol. The minimum Gasteiger partial charge on any atom is -0.478 e. The van der Waals surface area contributed by atoms with Crippen LogP contribution in [0.25, 0.3) is 16.9 Å². The molecule has 0 amide bonds. The molecule has 24 heavy (non-hydrogen) atoms. The van der Waals surface area contributed by atoms with Gasteiger partial charge in [-0.2, -0.15) is 10.4 Å². The first kappa shape index (κ1) is 15.4. The molecule has 2 aromatic heterocycles. The molecule has 3 aromatic rings. The molecule has 0 spiro atoms. The summed E-state index contributed by atoms with van der Waals surface area (Å²) in [6.45, 7) is 3.30. The van der Waals surface area contributed by atoms with Crippen LogP contribution < -0.4 is 0 Å². The maximum Gasteiger partial charge on any atom is 0.339 e. The van der Waals surface area contributed by atoms with E-state index in [9.17, 15) is 15.2 Å². The summed E-state index contributed by atoms with van der Waals surface area (Å²) < 4.78 is 1.45. The van der Waals surface area contributed by atoms with E-state index in [1.54, 1.807) is 26.1 Å². The van der Waals surface area contributed by atoms with Crippen LogP contribution in [-0.4, -0.2) is 25.8 Å². The average Bonchev–Trinajstić information content (AvgIpc) is 2.89. The summed E-state index contributed by atoms with van der Waals surface area (Å²) in [5, 5.41) is 23.0. The molecular formula is C18H14N4O2. The van der Waals surface area contributed by atoms with E-state index in [1.165, 1.54) is 4.68 Å². The first-order chi connectivity index (χ1) is 11.5. The second-order valence-electron chi connectivity index (χ2n) is 5.33. The van der Waals surface area contributed by atoms with Crippen LogP contribution in [0.15, 0.2) is 42.6 Å². The van der Waals surface area contributed by atoms with E-state index < -0.39 is 5.97 Å². The largest absolute Gasteiger partial charge is 0.478 e. The Morgan fingerprint density at radius 1 is 1.25 bits per heavy atom. The van der Waals surface area contributed by atoms with Crippen molar-refractivity contribution in [3.05, 3.63) is 65.1 Å². The number of carbonyl (C=O) groups is 1. The van der Waals surface area contributed by atoms with Crippen LogP contribution in [0.5, 0.6) is 0 Å². The maximum atomic E-state index is 11.3. The second kappa shape index (κ2) is 5.97. The van der Waals surface area contributed by atoms with E-state index in [0.29, 0.717) is 22.8 Å². The Morgan fingerprint density at radius 3 is 2.54 bits per heavy atom. The van der Waals surface area contributed by atoms with Crippen molar-refractivity contribution in [2.24, 2.45) is 0 Å². The molecule has 0 fully saturated rings. The molecule has 118 valence electrons. The van der Waals surface area contributed by atoms with Crippen LogP contribution in [0.1, 0.15) is 27.3 Å². The molecule has 0 atom stereocenters. The molecule has 0 radical (unpaired) electrons. The Bertz CT molecular complexity index is 969. The lowest BCUT2D eigenvalue weighted by Gasteiger charge is -2.08. The number of pyridine rings is 1. The van der Waals surface area contributed by atoms with Gasteiger partial charge >= 0.3 is 5.97 Å². The number of carboxylic acid groups (broad SMARTS) is 1. The van der Waals surface area contributed by atoms with E-state index in [0.717, 1.165) is 11.1 Å². The Morgan fingerprint density at radius 2 is 1.96 bits per heavy atom. The first-order valence-electron chi connectivity index (χ1n) is 7.28. The fraction of sp³-hybridized carbons (Fsp3) is 0.111. The zero-order valence-corrected chi connectivity index (χ0v) is 13.2. The Kier molecular flexibility index (Phi) is 3.84. The van der Waals surface area contributed by atoms with Crippen LogP contribution in [-0.2, 0) is 0 Å². The van der Waals surface area contributed by atoms with Gasteiger partial charge in [0.25, 0.3) is 0 Å². The standard InChI is InChI=1S/C18H14N4O2/c1-11-17(18(23)24)12(2)22(21-11)16-8-14(9-19)15(10-20-16)13-6-4-3-5-7-13/h3-8,10H,1-2H3,(H,23,24). The van der Waals surface area contributed by atoms with Crippen molar-refractivity contribution < 1.29 is 9.90 Å². The summed E-state index contributed by atoms with van der Waals surface area (Å²) in [5.41, 5.74) is 3.11. The van der Waals surface area contributed by atoms with Gasteiger partial charge in [-0.25, -0.2) is 14.5 Å². The minimum absolute atomic E-state index is 0.155. The summed E-state index contributed by atoms with van der Waals surface area (Å²) in [6, 6.07) is 13.3. The van der Waals surface area contributed by atoms with Crippen molar-refractivity contribution in [1.29, 1.82) is 5.26 Å². The van der Waals surface area contributed by atoms with Crippen LogP contribution in [0.4, 0.5) is 0 Å². The highest BCUT2D eigenvalue weighted by molar-refractivity contribution is 5.90. The molecule has 0 saturated carbocycles. The molecule has 1 N–H and O–H groups in total. The van der Waals surface area contributed by atoms with Gasteiger partial charge < -0.3 is 5.11 Å². The fourth-order valence-corrected chi connectivity index (χ4v) is 2.68. The highest BCUT2D eigenvalue weighted by atomic mass is 16.4. The third-order valence-electron chi connectivity index (χ3n) is 3.82. The zero-order chi connectivity index (χ0) is 17.3. The number of carboxylic acids is 1. The van der Waals surface area contributed by atoms with Gasteiger partial charge in [0.15, 0.2) is 5.82 Å². The normalized spacial score (nSPS) is 10.4. The molecule has 2 heterocycles. The molecule has 0 aliphatic carbocycles. The lowest BCUT2D eigenvalue weighted by atomic mass is 10.0. The quantitative estimate of drug-likeness (QED) is 0.801. The number of aromatic nitrogens is 3. The summed E-state index contributed by atoms with van der Waals surface area (Å²) in [4.78, 5) is 15.7. The number of benzene rings is 1. The number of rotatable bonds is 3. The van der Waals surface area contributed by atoms with Gasteiger partial charge in [-0.1, -0.05) is 30.3 Å². The molecular weight excluding hydrogens is 304 g/mol. The second-order valence-corrected chi connectivity index (χ2v) is 5.33. The van der Waals surface area contributed by atoms with Crippen molar-refractivity contribution in [3.8, 4) is 23.0 Å². The van der Waals surface area contributed by atoms with Gasteiger partial charge in [0.1, 0.15) is 5.56 Å². The third-order valence-corrected chi connectivity index (χ3v) is 3.82. The molecule has 0 aliphatic rings. The van der Waals surface area contributed by atoms with Gasteiger partial charge in [0.2, 0.25) is 0 Å². The van der Waals surface area contributed by atoms with Crippen LogP contribution in [0.3, 0.4) is 0 Å². The number of nitrogens with zero attached hydrogens (tertiary/aromatic N) is 4. The number of nitriles is 1. The molecule has 3 rings (SSSR count). The smallest absolute Gasteiger partial charge is 0.339 e. The Labute approximate surface area is 138 Å². The molecule has 0 saturated heterocycles. The maximum absolute atomic E-state index is 11.3. The minimum atomic E-state index is -1.03.